The summed E-state index contributed by atoms with van der Waals surface area (Å²) in [6.45, 7) is 0. The lowest BCUT2D eigenvalue weighted by Gasteiger charge is -2.28. The second-order valence-corrected chi connectivity index (χ2v) is 16.9. The van der Waals surface area contributed by atoms with Crippen LogP contribution in [0, 0.1) is 0 Å². The largest absolute Gasteiger partial charge is 0.456 e. The quantitative estimate of drug-likeness (QED) is 0.160. The van der Waals surface area contributed by atoms with Gasteiger partial charge in [0, 0.05) is 44.2 Å². The zero-order chi connectivity index (χ0) is 42.8. The average Bonchev–Trinajstić information content (AvgIpc) is 3.91. The van der Waals surface area contributed by atoms with Crippen molar-refractivity contribution >= 4 is 82.4 Å². The summed E-state index contributed by atoms with van der Waals surface area (Å²) < 4.78 is 8.98. The normalized spacial score (nSPS) is 11.7. The van der Waals surface area contributed by atoms with Crippen LogP contribution in [0.15, 0.2) is 247 Å². The van der Waals surface area contributed by atoms with Gasteiger partial charge in [0.1, 0.15) is 11.2 Å². The topological polar surface area (TPSA) is 21.3 Å². The maximum absolute atomic E-state index is 6.60. The Kier molecular flexibility index (Phi) is 8.53. The Hall–Kier alpha value is -8.66. The molecule has 13 aromatic rings. The summed E-state index contributed by atoms with van der Waals surface area (Å²) in [6, 6.07) is 87.7. The first-order chi connectivity index (χ1) is 32.2. The van der Waals surface area contributed by atoms with Gasteiger partial charge in [-0.25, -0.2) is 0 Å². The third kappa shape index (κ3) is 6.12. The molecule has 0 aliphatic heterocycles. The van der Waals surface area contributed by atoms with Gasteiger partial charge in [-0.15, -0.1) is 0 Å². The molecular formula is C62H40N2O. The van der Waals surface area contributed by atoms with Crippen molar-refractivity contribution in [3.8, 4) is 39.1 Å². The number of benzene rings is 11. The van der Waals surface area contributed by atoms with Gasteiger partial charge in [-0.1, -0.05) is 164 Å². The van der Waals surface area contributed by atoms with Crippen LogP contribution in [0.1, 0.15) is 0 Å². The van der Waals surface area contributed by atoms with Gasteiger partial charge in [0.25, 0.3) is 0 Å². The van der Waals surface area contributed by atoms with E-state index < -0.39 is 0 Å². The molecule has 0 aliphatic rings. The molecule has 3 nitrogen and oxygen atoms in total. The van der Waals surface area contributed by atoms with E-state index in [1.54, 1.807) is 0 Å². The summed E-state index contributed by atoms with van der Waals surface area (Å²) in [5, 5.41) is 9.59. The fourth-order valence-corrected chi connectivity index (χ4v) is 10.2. The maximum Gasteiger partial charge on any atom is 0.136 e. The number of para-hydroxylation sites is 3. The van der Waals surface area contributed by atoms with E-state index in [1.165, 1.54) is 60.0 Å². The Labute approximate surface area is 376 Å². The highest BCUT2D eigenvalue weighted by atomic mass is 16.3. The zero-order valence-electron chi connectivity index (χ0n) is 35.4. The lowest BCUT2D eigenvalue weighted by Crippen LogP contribution is -2.11. The molecule has 304 valence electrons. The lowest BCUT2D eigenvalue weighted by atomic mass is 9.95. The Morgan fingerprint density at radius 3 is 1.65 bits per heavy atom. The highest BCUT2D eigenvalue weighted by Gasteiger charge is 2.22. The van der Waals surface area contributed by atoms with Crippen LogP contribution in [0.4, 0.5) is 17.1 Å². The van der Waals surface area contributed by atoms with E-state index in [0.29, 0.717) is 0 Å². The van der Waals surface area contributed by atoms with Gasteiger partial charge in [-0.3, -0.25) is 0 Å². The molecule has 2 heterocycles. The van der Waals surface area contributed by atoms with Crippen molar-refractivity contribution in [1.29, 1.82) is 0 Å². The molecule has 3 heteroatoms. The SMILES string of the molecule is c1cc(-c2ccc(N(c3ccc(-n4c5ccccc5c5ccccc54)cc3)c3ccccc3-c3cccc4oc5cc6ccccc6cc5c34)cc2)cc(-c2cccc3ccccc23)c1. The first-order valence-electron chi connectivity index (χ1n) is 22.2. The first-order valence-corrected chi connectivity index (χ1v) is 22.2. The molecule has 0 aliphatic carbocycles. The van der Waals surface area contributed by atoms with Crippen molar-refractivity contribution in [2.75, 3.05) is 4.90 Å². The summed E-state index contributed by atoms with van der Waals surface area (Å²) >= 11 is 0. The van der Waals surface area contributed by atoms with Gasteiger partial charge in [-0.05, 0) is 128 Å². The number of fused-ring (bicyclic) bond motifs is 8. The minimum Gasteiger partial charge on any atom is -0.456 e. The third-order valence-corrected chi connectivity index (χ3v) is 13.2. The van der Waals surface area contributed by atoms with Crippen LogP contribution >= 0.6 is 0 Å². The Balaban J connectivity index is 0.967. The van der Waals surface area contributed by atoms with Crippen LogP contribution in [0.5, 0.6) is 0 Å². The van der Waals surface area contributed by atoms with Gasteiger partial charge in [-0.2, -0.15) is 0 Å². The molecule has 65 heavy (non-hydrogen) atoms. The first kappa shape index (κ1) is 36.9. The van der Waals surface area contributed by atoms with Crippen molar-refractivity contribution in [2.45, 2.75) is 0 Å². The maximum atomic E-state index is 6.60. The lowest BCUT2D eigenvalue weighted by molar-refractivity contribution is 0.669. The second-order valence-electron chi connectivity index (χ2n) is 16.9. The predicted molar refractivity (Wildman–Crippen MR) is 274 cm³/mol. The van der Waals surface area contributed by atoms with Crippen molar-refractivity contribution in [3.63, 3.8) is 0 Å². The van der Waals surface area contributed by atoms with E-state index in [2.05, 4.69) is 252 Å². The van der Waals surface area contributed by atoms with Crippen molar-refractivity contribution in [1.82, 2.24) is 4.57 Å². The third-order valence-electron chi connectivity index (χ3n) is 13.2. The molecule has 2 aromatic heterocycles. The van der Waals surface area contributed by atoms with Gasteiger partial charge < -0.3 is 13.9 Å². The second kappa shape index (κ2) is 15.0. The summed E-state index contributed by atoms with van der Waals surface area (Å²) in [5.41, 5.74) is 15.5. The summed E-state index contributed by atoms with van der Waals surface area (Å²) in [7, 11) is 0. The molecule has 0 unspecified atom stereocenters. The average molecular weight is 829 g/mol. The smallest absolute Gasteiger partial charge is 0.136 e. The molecular weight excluding hydrogens is 789 g/mol. The number of aromatic nitrogens is 1. The highest BCUT2D eigenvalue weighted by molar-refractivity contribution is 6.17. The molecule has 0 bridgehead atoms. The van der Waals surface area contributed by atoms with Crippen LogP contribution in [0.25, 0.3) is 104 Å². The van der Waals surface area contributed by atoms with Gasteiger partial charge >= 0.3 is 0 Å². The number of anilines is 3. The van der Waals surface area contributed by atoms with Gasteiger partial charge in [0.05, 0.1) is 16.7 Å². The Bertz CT molecular complexity index is 3890. The molecule has 0 saturated carbocycles. The molecule has 13 rings (SSSR count). The zero-order valence-corrected chi connectivity index (χ0v) is 35.4. The van der Waals surface area contributed by atoms with E-state index in [-0.39, 0.29) is 0 Å². The minimum atomic E-state index is 0.875. The van der Waals surface area contributed by atoms with E-state index in [0.717, 1.165) is 61.4 Å². The van der Waals surface area contributed by atoms with E-state index >= 15 is 0 Å². The van der Waals surface area contributed by atoms with Crippen LogP contribution in [-0.2, 0) is 0 Å². The number of hydrogen-bond donors (Lipinski definition) is 0. The molecule has 0 atom stereocenters. The van der Waals surface area contributed by atoms with Crippen LogP contribution in [0.3, 0.4) is 0 Å². The summed E-state index contributed by atoms with van der Waals surface area (Å²) in [6.07, 6.45) is 0. The van der Waals surface area contributed by atoms with Gasteiger partial charge in [0.15, 0.2) is 0 Å². The van der Waals surface area contributed by atoms with E-state index in [4.69, 9.17) is 4.42 Å². The Morgan fingerprint density at radius 2 is 0.877 bits per heavy atom. The molecule has 0 fully saturated rings. The van der Waals surface area contributed by atoms with Crippen LogP contribution in [-0.4, -0.2) is 4.57 Å². The number of hydrogen-bond acceptors (Lipinski definition) is 2. The van der Waals surface area contributed by atoms with Crippen LogP contribution in [0.2, 0.25) is 0 Å². The van der Waals surface area contributed by atoms with Gasteiger partial charge in [0.2, 0.25) is 0 Å². The van der Waals surface area contributed by atoms with Crippen molar-refractivity contribution in [3.05, 3.63) is 243 Å². The number of rotatable bonds is 7. The van der Waals surface area contributed by atoms with Crippen LogP contribution < -0.4 is 4.90 Å². The standard InChI is InChI=1S/C62H40N2O/c1-2-16-45-40-61-56(39-44(45)15-1)62-55(25-13-29-60(62)65-61)54-23-7-8-26-57(54)63(48-34-36-49(37-35-48)64-58-27-9-5-21-52(58)53-22-6-10-28-59(53)64)47-32-30-41(31-33-47)43-18-11-19-46(38-43)51-24-12-17-42-14-3-4-20-50(42)51/h1-40H. The monoisotopic (exact) mass is 828 g/mol. The fourth-order valence-electron chi connectivity index (χ4n) is 10.2. The fraction of sp³-hybridized carbons (Fsp3) is 0. The van der Waals surface area contributed by atoms with Crippen molar-refractivity contribution < 1.29 is 4.42 Å². The molecule has 11 aromatic carbocycles. The number of furan rings is 1. The predicted octanol–water partition coefficient (Wildman–Crippen LogP) is 17.5. The Morgan fingerprint density at radius 1 is 0.323 bits per heavy atom. The molecule has 0 spiro atoms. The number of nitrogens with zero attached hydrogens (tertiary/aromatic N) is 2. The molecule has 0 saturated heterocycles. The summed E-state index contributed by atoms with van der Waals surface area (Å²) in [5.74, 6) is 0. The van der Waals surface area contributed by atoms with Crippen molar-refractivity contribution in [2.24, 2.45) is 0 Å². The molecule has 0 amide bonds. The molecule has 0 N–H and O–H groups in total. The summed E-state index contributed by atoms with van der Waals surface area (Å²) in [4.78, 5) is 2.40. The minimum absolute atomic E-state index is 0.875. The van der Waals surface area contributed by atoms with E-state index in [1.807, 2.05) is 0 Å². The highest BCUT2D eigenvalue weighted by Crippen LogP contribution is 2.46. The van der Waals surface area contributed by atoms with E-state index in [9.17, 15) is 0 Å². The molecule has 0 radical (unpaired) electrons.